The van der Waals surface area contributed by atoms with Crippen LogP contribution in [0.2, 0.25) is 0 Å². The van der Waals surface area contributed by atoms with Gasteiger partial charge >= 0.3 is 6.03 Å². The Morgan fingerprint density at radius 1 is 1.36 bits per heavy atom. The van der Waals surface area contributed by atoms with Gasteiger partial charge in [-0.1, -0.05) is 17.9 Å². The number of nitrogens with one attached hydrogen (secondary N) is 1. The zero-order valence-electron chi connectivity index (χ0n) is 19.6. The molecule has 1 saturated carbocycles. The normalized spacial score (nSPS) is 18.1. The second-order valence-corrected chi connectivity index (χ2v) is 8.95. The van der Waals surface area contributed by atoms with Crippen molar-refractivity contribution in [2.75, 3.05) is 18.6 Å². The number of aromatic nitrogens is 3. The number of anilines is 1. The van der Waals surface area contributed by atoms with Crippen molar-refractivity contribution in [2.45, 2.75) is 37.3 Å². The minimum absolute atomic E-state index is 0.0677. The number of fused-ring (bicyclic) bond motifs is 1. The Hall–Kier alpha value is -4.23. The second kappa shape index (κ2) is 9.43. The van der Waals surface area contributed by atoms with Gasteiger partial charge in [0.25, 0.3) is 5.91 Å². The highest BCUT2D eigenvalue weighted by molar-refractivity contribution is 6.00. The van der Waals surface area contributed by atoms with Crippen LogP contribution in [0.15, 0.2) is 48.9 Å². The minimum atomic E-state index is -0.955. The summed E-state index contributed by atoms with van der Waals surface area (Å²) < 4.78 is 20.7. The van der Waals surface area contributed by atoms with E-state index < -0.39 is 23.6 Å². The van der Waals surface area contributed by atoms with Crippen LogP contribution in [0.3, 0.4) is 0 Å². The van der Waals surface area contributed by atoms with Gasteiger partial charge in [0.15, 0.2) is 0 Å². The first-order valence-corrected chi connectivity index (χ1v) is 11.6. The summed E-state index contributed by atoms with van der Waals surface area (Å²) in [5, 5.41) is 16.9. The zero-order valence-corrected chi connectivity index (χ0v) is 19.6. The molecule has 10 heteroatoms. The van der Waals surface area contributed by atoms with E-state index >= 15 is 0 Å². The summed E-state index contributed by atoms with van der Waals surface area (Å²) >= 11 is 0. The van der Waals surface area contributed by atoms with Gasteiger partial charge in [0.05, 0.1) is 11.9 Å². The molecule has 0 spiro atoms. The van der Waals surface area contributed by atoms with E-state index in [9.17, 15) is 19.1 Å². The fraction of sp³-hybridized carbons (Fsp3) is 0.308. The molecular weight excluding hydrogens is 465 g/mol. The number of nitrogens with zero attached hydrogens (tertiary/aromatic N) is 4. The molecule has 2 aromatic heterocycles. The first-order valence-electron chi connectivity index (χ1n) is 11.6. The van der Waals surface area contributed by atoms with Crippen molar-refractivity contribution in [3.8, 4) is 17.6 Å². The van der Waals surface area contributed by atoms with Gasteiger partial charge in [-0.3, -0.25) is 4.79 Å². The van der Waals surface area contributed by atoms with Crippen LogP contribution in [0.5, 0.6) is 5.75 Å². The lowest BCUT2D eigenvalue weighted by atomic mass is 9.81. The van der Waals surface area contributed by atoms with Gasteiger partial charge in [0.1, 0.15) is 24.0 Å². The van der Waals surface area contributed by atoms with E-state index in [1.165, 1.54) is 23.5 Å². The van der Waals surface area contributed by atoms with Gasteiger partial charge in [-0.2, -0.15) is 14.2 Å². The van der Waals surface area contributed by atoms with E-state index in [0.717, 1.165) is 11.1 Å². The molecular formula is C26H24FN5O4. The van der Waals surface area contributed by atoms with Gasteiger partial charge < -0.3 is 20.1 Å². The third-order valence-corrected chi connectivity index (χ3v) is 6.35. The third kappa shape index (κ3) is 4.78. The standard InChI is InChI=1S/C26H24FN5O4/c1-31-21-13-17(7-10-26(35)8-3-9-26)5-6-22(21)36-16-20(24(31)33)30-25(34)32-15-18(14-29-32)12-19-4-2-11-28-23(19)27/h2,4-6,11,13-15,20,35H,3,8-9,12,16H2,1H3,(H,30,34)/t20-/m1/s1. The summed E-state index contributed by atoms with van der Waals surface area (Å²) in [6.07, 6.45) is 6.79. The number of rotatable bonds is 3. The Kier molecular flexibility index (Phi) is 6.16. The van der Waals surface area contributed by atoms with Crippen LogP contribution >= 0.6 is 0 Å². The molecule has 2 amide bonds. The number of hydrogen-bond acceptors (Lipinski definition) is 6. The van der Waals surface area contributed by atoms with Crippen molar-refractivity contribution < 1.29 is 23.8 Å². The quantitative estimate of drug-likeness (QED) is 0.432. The molecule has 2 N–H and O–H groups in total. The predicted molar refractivity (Wildman–Crippen MR) is 128 cm³/mol. The fourth-order valence-corrected chi connectivity index (χ4v) is 4.05. The van der Waals surface area contributed by atoms with E-state index in [1.54, 1.807) is 37.4 Å². The lowest BCUT2D eigenvalue weighted by molar-refractivity contribution is -0.120. The lowest BCUT2D eigenvalue weighted by Crippen LogP contribution is -2.50. The first-order chi connectivity index (χ1) is 17.3. The summed E-state index contributed by atoms with van der Waals surface area (Å²) in [6, 6.07) is 6.88. The number of hydrogen-bond donors (Lipinski definition) is 2. The van der Waals surface area contributed by atoms with E-state index in [-0.39, 0.29) is 18.9 Å². The van der Waals surface area contributed by atoms with Crippen molar-refractivity contribution >= 4 is 17.6 Å². The van der Waals surface area contributed by atoms with E-state index in [4.69, 9.17) is 4.74 Å². The van der Waals surface area contributed by atoms with Crippen molar-refractivity contribution in [3.05, 3.63) is 71.6 Å². The van der Waals surface area contributed by atoms with Gasteiger partial charge in [-0.15, -0.1) is 0 Å². The number of aliphatic hydroxyl groups is 1. The van der Waals surface area contributed by atoms with Gasteiger partial charge in [0, 0.05) is 37.0 Å². The lowest BCUT2D eigenvalue weighted by Gasteiger charge is -2.30. The molecule has 3 heterocycles. The predicted octanol–water partition coefficient (Wildman–Crippen LogP) is 2.26. The maximum absolute atomic E-state index is 13.8. The van der Waals surface area contributed by atoms with Crippen LogP contribution in [-0.2, 0) is 11.2 Å². The van der Waals surface area contributed by atoms with E-state index in [1.807, 2.05) is 0 Å². The first kappa shape index (κ1) is 23.5. The monoisotopic (exact) mass is 489 g/mol. The van der Waals surface area contributed by atoms with Crippen molar-refractivity contribution in [1.82, 2.24) is 20.1 Å². The molecule has 0 bridgehead atoms. The molecule has 5 rings (SSSR count). The topological polar surface area (TPSA) is 110 Å². The average Bonchev–Trinajstić information content (AvgIpc) is 3.29. The van der Waals surface area contributed by atoms with Crippen LogP contribution in [0.4, 0.5) is 14.9 Å². The molecule has 1 aliphatic heterocycles. The van der Waals surface area contributed by atoms with Crippen molar-refractivity contribution in [2.24, 2.45) is 0 Å². The Balaban J connectivity index is 1.27. The van der Waals surface area contributed by atoms with Crippen molar-refractivity contribution in [3.63, 3.8) is 0 Å². The maximum Gasteiger partial charge on any atom is 0.342 e. The number of halogens is 1. The number of ether oxygens (including phenoxy) is 1. The molecule has 0 unspecified atom stereocenters. The number of benzene rings is 1. The number of pyridine rings is 1. The van der Waals surface area contributed by atoms with Crippen LogP contribution in [0.25, 0.3) is 0 Å². The molecule has 1 aliphatic carbocycles. The minimum Gasteiger partial charge on any atom is -0.489 e. The van der Waals surface area contributed by atoms with Crippen LogP contribution < -0.4 is 15.0 Å². The molecule has 1 fully saturated rings. The molecule has 2 aliphatic rings. The fourth-order valence-electron chi connectivity index (χ4n) is 4.05. The highest BCUT2D eigenvalue weighted by Gasteiger charge is 2.33. The second-order valence-electron chi connectivity index (χ2n) is 8.95. The summed E-state index contributed by atoms with van der Waals surface area (Å²) in [7, 11) is 1.60. The summed E-state index contributed by atoms with van der Waals surface area (Å²) in [4.78, 5) is 30.9. The van der Waals surface area contributed by atoms with Crippen LogP contribution in [0, 0.1) is 17.8 Å². The Morgan fingerprint density at radius 2 is 2.19 bits per heavy atom. The summed E-state index contributed by atoms with van der Waals surface area (Å²) in [6.45, 7) is -0.0677. The summed E-state index contributed by atoms with van der Waals surface area (Å²) in [5.41, 5.74) is 1.23. The van der Waals surface area contributed by atoms with E-state index in [2.05, 4.69) is 27.2 Å². The number of carbonyl (C=O) groups excluding carboxylic acids is 2. The zero-order chi connectivity index (χ0) is 25.3. The molecule has 9 nitrogen and oxygen atoms in total. The molecule has 0 radical (unpaired) electrons. The number of likely N-dealkylation sites (N-methyl/N-ethyl adjacent to an activating group) is 1. The third-order valence-electron chi connectivity index (χ3n) is 6.35. The molecule has 3 aromatic rings. The average molecular weight is 490 g/mol. The smallest absolute Gasteiger partial charge is 0.342 e. The van der Waals surface area contributed by atoms with Crippen LogP contribution in [0.1, 0.15) is 36.0 Å². The largest absolute Gasteiger partial charge is 0.489 e. The Bertz CT molecular complexity index is 1390. The summed E-state index contributed by atoms with van der Waals surface area (Å²) in [5.74, 6) is 5.42. The van der Waals surface area contributed by atoms with Crippen LogP contribution in [-0.4, -0.2) is 57.1 Å². The molecule has 184 valence electrons. The number of carbonyl (C=O) groups is 2. The highest BCUT2D eigenvalue weighted by Crippen LogP contribution is 2.33. The van der Waals surface area contributed by atoms with Gasteiger partial charge in [-0.25, -0.2) is 9.78 Å². The molecule has 36 heavy (non-hydrogen) atoms. The van der Waals surface area contributed by atoms with Gasteiger partial charge in [-0.05, 0) is 49.1 Å². The van der Waals surface area contributed by atoms with E-state index in [0.29, 0.717) is 41.0 Å². The maximum atomic E-state index is 13.8. The highest BCUT2D eigenvalue weighted by atomic mass is 19.1. The number of amides is 2. The molecule has 0 saturated heterocycles. The van der Waals surface area contributed by atoms with Crippen molar-refractivity contribution in [1.29, 1.82) is 0 Å². The SMILES string of the molecule is CN1C(=O)[C@H](NC(=O)n2cc(Cc3cccnc3F)cn2)COc2ccc(C#CC3(O)CCC3)cc21. The Labute approximate surface area is 206 Å². The van der Waals surface area contributed by atoms with Gasteiger partial charge in [0.2, 0.25) is 5.95 Å². The Morgan fingerprint density at radius 3 is 2.94 bits per heavy atom. The molecule has 1 aromatic carbocycles. The molecule has 1 atom stereocenters.